The lowest BCUT2D eigenvalue weighted by atomic mass is 10.1. The van der Waals surface area contributed by atoms with E-state index < -0.39 is 0 Å². The Morgan fingerprint density at radius 3 is 2.82 bits per heavy atom. The highest BCUT2D eigenvalue weighted by molar-refractivity contribution is 6.19. The van der Waals surface area contributed by atoms with Gasteiger partial charge < -0.3 is 0 Å². The highest BCUT2D eigenvalue weighted by Crippen LogP contribution is 2.27. The fourth-order valence-corrected chi connectivity index (χ4v) is 2.59. The number of para-hydroxylation sites is 1. The van der Waals surface area contributed by atoms with E-state index in [-0.39, 0.29) is 5.91 Å². The number of guanidine groups is 1. The van der Waals surface area contributed by atoms with E-state index in [9.17, 15) is 4.79 Å². The normalized spacial score (nSPS) is 15.5. The van der Waals surface area contributed by atoms with E-state index in [1.807, 2.05) is 29.2 Å². The molecule has 1 amide bonds. The number of amides is 1. The first-order chi connectivity index (χ1) is 10.8. The Labute approximate surface area is 127 Å². The van der Waals surface area contributed by atoms with Gasteiger partial charge in [-0.15, -0.1) is 0 Å². The van der Waals surface area contributed by atoms with Gasteiger partial charge in [-0.25, -0.2) is 4.99 Å². The number of nitrogens with zero attached hydrogens (tertiary/aromatic N) is 4. The molecule has 2 aromatic rings. The zero-order valence-electron chi connectivity index (χ0n) is 11.7. The predicted octanol–water partition coefficient (Wildman–Crippen LogP) is 1.57. The minimum Gasteiger partial charge on any atom is -0.294 e. The first-order valence-electron chi connectivity index (χ1n) is 7.04. The van der Waals surface area contributed by atoms with Crippen molar-refractivity contribution in [2.45, 2.75) is 0 Å². The molecule has 2 aliphatic heterocycles. The highest BCUT2D eigenvalue weighted by Gasteiger charge is 2.30. The second-order valence-electron chi connectivity index (χ2n) is 5.00. The van der Waals surface area contributed by atoms with Gasteiger partial charge in [-0.1, -0.05) is 12.1 Å². The highest BCUT2D eigenvalue weighted by atomic mass is 16.1. The largest absolute Gasteiger partial charge is 0.294 e. The number of hydrogen-bond acceptors (Lipinski definition) is 5. The van der Waals surface area contributed by atoms with Crippen molar-refractivity contribution in [3.63, 3.8) is 0 Å². The zero-order valence-corrected chi connectivity index (χ0v) is 11.7. The minimum absolute atomic E-state index is 0.202. The van der Waals surface area contributed by atoms with Crippen molar-refractivity contribution in [3.8, 4) is 0 Å². The van der Waals surface area contributed by atoms with Gasteiger partial charge in [-0.3, -0.25) is 25.0 Å². The molecule has 3 heterocycles. The number of hydrogen-bond donors (Lipinski definition) is 1. The van der Waals surface area contributed by atoms with E-state index in [2.05, 4.69) is 20.3 Å². The molecule has 0 radical (unpaired) electrons. The van der Waals surface area contributed by atoms with Crippen molar-refractivity contribution in [2.75, 3.05) is 13.1 Å². The summed E-state index contributed by atoms with van der Waals surface area (Å²) in [4.78, 5) is 27.3. The van der Waals surface area contributed by atoms with Crippen LogP contribution >= 0.6 is 0 Å². The fourth-order valence-electron chi connectivity index (χ4n) is 2.59. The molecule has 1 N–H and O–H groups in total. The Morgan fingerprint density at radius 1 is 1.14 bits per heavy atom. The summed E-state index contributed by atoms with van der Waals surface area (Å²) in [6, 6.07) is 11.2. The average molecular weight is 291 g/mol. The smallest absolute Gasteiger partial charge is 0.258 e. The Balaban J connectivity index is 1.69. The van der Waals surface area contributed by atoms with E-state index in [4.69, 9.17) is 0 Å². The molecular weight excluding hydrogens is 278 g/mol. The van der Waals surface area contributed by atoms with E-state index in [0.717, 1.165) is 23.6 Å². The van der Waals surface area contributed by atoms with Crippen LogP contribution in [0, 0.1) is 0 Å². The van der Waals surface area contributed by atoms with Crippen LogP contribution in [-0.4, -0.2) is 40.7 Å². The van der Waals surface area contributed by atoms with Crippen LogP contribution in [0.4, 0.5) is 5.69 Å². The first-order valence-corrected chi connectivity index (χ1v) is 7.04. The number of aliphatic imine (C=N–C) groups is 2. The molecule has 2 aliphatic rings. The van der Waals surface area contributed by atoms with Crippen LogP contribution in [0.15, 0.2) is 58.8 Å². The van der Waals surface area contributed by atoms with Crippen LogP contribution in [0.5, 0.6) is 0 Å². The zero-order chi connectivity index (χ0) is 14.9. The number of rotatable bonds is 1. The predicted molar refractivity (Wildman–Crippen MR) is 83.4 cm³/mol. The number of pyridine rings is 1. The summed E-state index contributed by atoms with van der Waals surface area (Å²) in [5.41, 5.74) is 2.38. The summed E-state index contributed by atoms with van der Waals surface area (Å²) in [6.07, 6.45) is 3.19. The van der Waals surface area contributed by atoms with Gasteiger partial charge in [0.05, 0.1) is 12.2 Å². The third-order valence-corrected chi connectivity index (χ3v) is 3.64. The summed E-state index contributed by atoms with van der Waals surface area (Å²) in [5.74, 6) is 1.19. The molecule has 0 fully saturated rings. The third-order valence-electron chi connectivity index (χ3n) is 3.64. The van der Waals surface area contributed by atoms with Gasteiger partial charge in [0.15, 0.2) is 0 Å². The summed E-state index contributed by atoms with van der Waals surface area (Å²) >= 11 is 0. The lowest BCUT2D eigenvalue weighted by Gasteiger charge is -2.27. The van der Waals surface area contributed by atoms with Crippen LogP contribution in [0.2, 0.25) is 0 Å². The quantitative estimate of drug-likeness (QED) is 0.867. The molecule has 0 saturated carbocycles. The number of carbonyl (C=O) groups is 1. The van der Waals surface area contributed by atoms with Crippen LogP contribution in [0.25, 0.3) is 0 Å². The number of benzene rings is 1. The van der Waals surface area contributed by atoms with Crippen LogP contribution in [0.1, 0.15) is 15.9 Å². The molecule has 0 atom stereocenters. The maximum absolute atomic E-state index is 12.3. The molecule has 1 aromatic carbocycles. The van der Waals surface area contributed by atoms with Crippen molar-refractivity contribution in [1.29, 1.82) is 0 Å². The summed E-state index contributed by atoms with van der Waals surface area (Å²) in [7, 11) is 0. The van der Waals surface area contributed by atoms with Crippen molar-refractivity contribution in [3.05, 3.63) is 59.9 Å². The molecule has 0 unspecified atom stereocenters. The van der Waals surface area contributed by atoms with E-state index in [1.165, 1.54) is 0 Å². The van der Waals surface area contributed by atoms with Gasteiger partial charge in [0, 0.05) is 30.1 Å². The molecule has 22 heavy (non-hydrogen) atoms. The number of amidine groups is 1. The maximum atomic E-state index is 12.3. The lowest BCUT2D eigenvalue weighted by molar-refractivity contribution is 0.0974. The van der Waals surface area contributed by atoms with E-state index >= 15 is 0 Å². The minimum atomic E-state index is -0.202. The molecule has 4 rings (SSSR count). The number of aromatic nitrogens is 1. The first kappa shape index (κ1) is 12.7. The SMILES string of the molecule is O=C(NC1=Nc2ccccc2C2=NCCN12)c1ccncc1. The van der Waals surface area contributed by atoms with Crippen molar-refractivity contribution in [2.24, 2.45) is 9.98 Å². The summed E-state index contributed by atoms with van der Waals surface area (Å²) in [6.45, 7) is 1.42. The van der Waals surface area contributed by atoms with Crippen LogP contribution in [-0.2, 0) is 0 Å². The summed E-state index contributed by atoms with van der Waals surface area (Å²) in [5, 5.41) is 2.88. The number of fused-ring (bicyclic) bond motifs is 3. The Kier molecular flexibility index (Phi) is 2.93. The Hall–Kier alpha value is -3.02. The summed E-state index contributed by atoms with van der Waals surface area (Å²) < 4.78 is 0. The molecule has 0 aliphatic carbocycles. The van der Waals surface area contributed by atoms with Gasteiger partial charge in [0.2, 0.25) is 5.96 Å². The van der Waals surface area contributed by atoms with Crippen LogP contribution in [0.3, 0.4) is 0 Å². The van der Waals surface area contributed by atoms with Crippen molar-refractivity contribution >= 4 is 23.4 Å². The second kappa shape index (κ2) is 5.07. The van der Waals surface area contributed by atoms with Gasteiger partial charge in [0.25, 0.3) is 5.91 Å². The number of nitrogens with one attached hydrogen (secondary N) is 1. The van der Waals surface area contributed by atoms with E-state index in [0.29, 0.717) is 18.1 Å². The number of carbonyl (C=O) groups excluding carboxylic acids is 1. The average Bonchev–Trinajstić information content (AvgIpc) is 3.06. The molecule has 6 heteroatoms. The van der Waals surface area contributed by atoms with Gasteiger partial charge in [0.1, 0.15) is 5.84 Å². The third kappa shape index (κ3) is 2.05. The molecule has 108 valence electrons. The molecule has 0 bridgehead atoms. The Morgan fingerprint density at radius 2 is 1.95 bits per heavy atom. The fraction of sp³-hybridized carbons (Fsp3) is 0.125. The molecule has 1 aromatic heterocycles. The molecule has 0 spiro atoms. The van der Waals surface area contributed by atoms with Gasteiger partial charge in [-0.2, -0.15) is 0 Å². The molecule has 6 nitrogen and oxygen atoms in total. The van der Waals surface area contributed by atoms with Crippen molar-refractivity contribution in [1.82, 2.24) is 15.2 Å². The molecular formula is C16H13N5O. The van der Waals surface area contributed by atoms with Gasteiger partial charge >= 0.3 is 0 Å². The maximum Gasteiger partial charge on any atom is 0.258 e. The second-order valence-corrected chi connectivity index (χ2v) is 5.00. The topological polar surface area (TPSA) is 70.0 Å². The van der Waals surface area contributed by atoms with E-state index in [1.54, 1.807) is 24.5 Å². The Bertz CT molecular complexity index is 797. The standard InChI is InChI=1S/C16H13N5O/c22-15(11-5-7-17-8-6-11)20-16-19-13-4-2-1-3-12(13)14-18-9-10-21(14)16/h1-8H,9-10H2,(H,19,20,22). The van der Waals surface area contributed by atoms with Crippen LogP contribution < -0.4 is 5.32 Å². The van der Waals surface area contributed by atoms with Gasteiger partial charge in [-0.05, 0) is 24.3 Å². The lowest BCUT2D eigenvalue weighted by Crippen LogP contribution is -2.47. The molecule has 0 saturated heterocycles. The monoisotopic (exact) mass is 291 g/mol. The van der Waals surface area contributed by atoms with Crippen molar-refractivity contribution < 1.29 is 4.79 Å².